The minimum atomic E-state index is -0.483. The smallest absolute Gasteiger partial charge is 0.296 e. The molecule has 0 amide bonds. The summed E-state index contributed by atoms with van der Waals surface area (Å²) in [5.41, 5.74) is 0.403. The van der Waals surface area contributed by atoms with Gasteiger partial charge in [-0.2, -0.15) is 14.6 Å². The molecule has 0 aliphatic heterocycles. The third-order valence-electron chi connectivity index (χ3n) is 4.93. The van der Waals surface area contributed by atoms with Crippen molar-refractivity contribution < 1.29 is 9.34 Å². The van der Waals surface area contributed by atoms with Gasteiger partial charge in [-0.3, -0.25) is 19.7 Å². The molecule has 0 spiro atoms. The first-order valence-electron chi connectivity index (χ1n) is 9.81. The fourth-order valence-electron chi connectivity index (χ4n) is 3.39. The van der Waals surface area contributed by atoms with Gasteiger partial charge in [-0.05, 0) is 23.8 Å². The highest BCUT2D eigenvalue weighted by Gasteiger charge is 2.17. The average Bonchev–Trinajstić information content (AvgIpc) is 3.40. The summed E-state index contributed by atoms with van der Waals surface area (Å²) in [6.07, 6.45) is 1.77. The lowest BCUT2D eigenvalue weighted by Gasteiger charge is -1.99. The maximum atomic E-state index is 12.9. The van der Waals surface area contributed by atoms with Crippen LogP contribution in [0, 0.1) is 10.1 Å². The van der Waals surface area contributed by atoms with Crippen LogP contribution in [0.3, 0.4) is 0 Å². The Labute approximate surface area is 189 Å². The zero-order valence-corrected chi connectivity index (χ0v) is 17.7. The molecule has 5 aromatic rings. The predicted octanol–water partition coefficient (Wildman–Crippen LogP) is 2.82. The van der Waals surface area contributed by atoms with Gasteiger partial charge in [-0.15, -0.1) is 0 Å². The zero-order valence-electron chi connectivity index (χ0n) is 16.9. The molecular weight excluding hydrogens is 444 g/mol. The summed E-state index contributed by atoms with van der Waals surface area (Å²) >= 11 is 1.01. The maximum Gasteiger partial charge on any atom is 0.296 e. The van der Waals surface area contributed by atoms with Gasteiger partial charge < -0.3 is 4.42 Å². The maximum absolute atomic E-state index is 12.9. The van der Waals surface area contributed by atoms with Gasteiger partial charge >= 0.3 is 0 Å². The molecule has 9 nitrogen and oxygen atoms in total. The van der Waals surface area contributed by atoms with Crippen molar-refractivity contribution in [2.75, 3.05) is 0 Å². The molecule has 0 atom stereocenters. The first-order chi connectivity index (χ1) is 16.0. The van der Waals surface area contributed by atoms with Crippen LogP contribution in [0.1, 0.15) is 17.0 Å². The van der Waals surface area contributed by atoms with E-state index in [0.717, 1.165) is 21.4 Å². The molecule has 0 radical (unpaired) electrons. The highest BCUT2D eigenvalue weighted by molar-refractivity contribution is 7.15. The van der Waals surface area contributed by atoms with Crippen molar-refractivity contribution in [3.63, 3.8) is 0 Å². The Morgan fingerprint density at radius 1 is 1.03 bits per heavy atom. The second kappa shape index (κ2) is 8.24. The molecule has 0 bridgehead atoms. The van der Waals surface area contributed by atoms with E-state index in [4.69, 9.17) is 4.42 Å². The number of nitrogens with zero attached hydrogens (tertiary/aromatic N) is 4. The first kappa shape index (κ1) is 20.5. The third-order valence-corrected chi connectivity index (χ3v) is 5.89. The van der Waals surface area contributed by atoms with Gasteiger partial charge in [-0.25, -0.2) is 0 Å². The van der Waals surface area contributed by atoms with Crippen molar-refractivity contribution in [1.29, 1.82) is 0 Å². The topological polar surface area (TPSA) is 121 Å². The van der Waals surface area contributed by atoms with Gasteiger partial charge in [0.15, 0.2) is 0 Å². The summed E-state index contributed by atoms with van der Waals surface area (Å²) in [5, 5.41) is 15.5. The number of hydrogen-bond donors (Lipinski definition) is 0. The number of hydrogen-bond acceptors (Lipinski definition) is 8. The molecule has 3 aromatic heterocycles. The van der Waals surface area contributed by atoms with Crippen LogP contribution in [0.5, 0.6) is 0 Å². The number of rotatable bonds is 5. The van der Waals surface area contributed by atoms with E-state index in [0.29, 0.717) is 17.1 Å². The van der Waals surface area contributed by atoms with E-state index in [-0.39, 0.29) is 27.3 Å². The Morgan fingerprint density at radius 2 is 1.79 bits per heavy atom. The lowest BCUT2D eigenvalue weighted by molar-refractivity contribution is -0.384. The van der Waals surface area contributed by atoms with E-state index < -0.39 is 16.0 Å². The molecular formula is C23H14N4O5S. The van der Waals surface area contributed by atoms with Crippen LogP contribution < -0.4 is 15.7 Å². The van der Waals surface area contributed by atoms with Crippen LogP contribution in [-0.2, 0) is 6.42 Å². The van der Waals surface area contributed by atoms with E-state index in [1.807, 2.05) is 30.3 Å². The van der Waals surface area contributed by atoms with Crippen LogP contribution in [-0.4, -0.2) is 19.5 Å². The number of para-hydroxylation sites is 1. The Kier molecular flexibility index (Phi) is 5.11. The largest absolute Gasteiger partial charge is 0.456 e. The summed E-state index contributed by atoms with van der Waals surface area (Å²) in [7, 11) is 0. The number of fused-ring (bicyclic) bond motifs is 1. The number of furan rings is 1. The van der Waals surface area contributed by atoms with Crippen molar-refractivity contribution in [1.82, 2.24) is 14.6 Å². The zero-order chi connectivity index (χ0) is 22.9. The fraction of sp³-hybridized carbons (Fsp3) is 0.0435. The molecule has 3 heterocycles. The first-order valence-corrected chi connectivity index (χ1v) is 10.6. The van der Waals surface area contributed by atoms with Gasteiger partial charge in [0.2, 0.25) is 4.96 Å². The normalized spacial score (nSPS) is 11.8. The highest BCUT2D eigenvalue weighted by Crippen LogP contribution is 2.30. The van der Waals surface area contributed by atoms with Crippen LogP contribution >= 0.6 is 11.3 Å². The molecule has 0 saturated carbocycles. The van der Waals surface area contributed by atoms with Crippen LogP contribution in [0.25, 0.3) is 22.4 Å². The van der Waals surface area contributed by atoms with Gasteiger partial charge in [0, 0.05) is 18.6 Å². The molecule has 0 aliphatic carbocycles. The molecule has 2 aromatic carbocycles. The molecule has 0 saturated heterocycles. The van der Waals surface area contributed by atoms with E-state index in [1.54, 1.807) is 30.3 Å². The minimum absolute atomic E-state index is 0.0809. The van der Waals surface area contributed by atoms with Crippen LogP contribution in [0.2, 0.25) is 0 Å². The van der Waals surface area contributed by atoms with Gasteiger partial charge in [0.1, 0.15) is 21.7 Å². The van der Waals surface area contributed by atoms with Crippen molar-refractivity contribution in [3.8, 4) is 11.3 Å². The Bertz CT molecular complexity index is 1670. The van der Waals surface area contributed by atoms with Crippen molar-refractivity contribution >= 4 is 28.1 Å². The summed E-state index contributed by atoms with van der Waals surface area (Å²) in [6.45, 7) is 0. The van der Waals surface area contributed by atoms with Crippen LogP contribution in [0.4, 0.5) is 5.69 Å². The Balaban J connectivity index is 1.54. The Hall–Kier alpha value is -4.44. The van der Waals surface area contributed by atoms with E-state index >= 15 is 0 Å². The minimum Gasteiger partial charge on any atom is -0.456 e. The number of nitro benzene ring substituents is 1. The van der Waals surface area contributed by atoms with Crippen molar-refractivity contribution in [3.05, 3.63) is 119 Å². The number of nitro groups is 1. The second-order valence-electron chi connectivity index (χ2n) is 7.11. The molecule has 0 unspecified atom stereocenters. The molecule has 0 fully saturated rings. The number of thiazole rings is 1. The van der Waals surface area contributed by atoms with E-state index in [1.165, 1.54) is 12.1 Å². The predicted molar refractivity (Wildman–Crippen MR) is 122 cm³/mol. The quantitative estimate of drug-likeness (QED) is 0.293. The third kappa shape index (κ3) is 3.94. The number of benzene rings is 2. The molecule has 33 heavy (non-hydrogen) atoms. The summed E-state index contributed by atoms with van der Waals surface area (Å²) in [5.74, 6) is 0.636. The SMILES string of the molecule is O=c1nc2s/c(=C\c3ccc(-c4ccccc4[N+](=O)[O-])o3)c(=O)n2nc1Cc1ccccc1. The van der Waals surface area contributed by atoms with Crippen molar-refractivity contribution in [2.24, 2.45) is 0 Å². The average molecular weight is 458 g/mol. The Morgan fingerprint density at radius 3 is 2.58 bits per heavy atom. The van der Waals surface area contributed by atoms with E-state index in [2.05, 4.69) is 10.1 Å². The highest BCUT2D eigenvalue weighted by atomic mass is 32.1. The standard InChI is InChI=1S/C23H14N4O5S/c28-21-17(12-14-6-2-1-3-7-14)25-26-22(29)20(33-23(26)24-21)13-15-10-11-19(32-15)16-8-4-5-9-18(16)27(30)31/h1-11,13H,12H2/b20-13-. The summed E-state index contributed by atoms with van der Waals surface area (Å²) < 4.78 is 7.12. The molecule has 10 heteroatoms. The monoisotopic (exact) mass is 458 g/mol. The van der Waals surface area contributed by atoms with Gasteiger partial charge in [0.25, 0.3) is 16.8 Å². The molecule has 162 valence electrons. The fourth-order valence-corrected chi connectivity index (χ4v) is 4.27. The molecule has 0 N–H and O–H groups in total. The van der Waals surface area contributed by atoms with Gasteiger partial charge in [0.05, 0.1) is 10.5 Å². The van der Waals surface area contributed by atoms with Crippen LogP contribution in [0.15, 0.2) is 80.7 Å². The lowest BCUT2D eigenvalue weighted by Crippen LogP contribution is -2.28. The summed E-state index contributed by atoms with van der Waals surface area (Å²) in [4.78, 5) is 40.3. The van der Waals surface area contributed by atoms with Gasteiger partial charge in [-0.1, -0.05) is 53.8 Å². The van der Waals surface area contributed by atoms with Crippen molar-refractivity contribution in [2.45, 2.75) is 6.42 Å². The molecule has 0 aliphatic rings. The lowest BCUT2D eigenvalue weighted by atomic mass is 10.1. The molecule has 5 rings (SSSR count). The number of aromatic nitrogens is 3. The van der Waals surface area contributed by atoms with E-state index in [9.17, 15) is 19.7 Å². The summed E-state index contributed by atoms with van der Waals surface area (Å²) in [6, 6.07) is 18.8. The second-order valence-corrected chi connectivity index (χ2v) is 8.12.